The highest BCUT2D eigenvalue weighted by Crippen LogP contribution is 2.25. The summed E-state index contributed by atoms with van der Waals surface area (Å²) in [5.74, 6) is -1.68. The van der Waals surface area contributed by atoms with E-state index >= 15 is 0 Å². The first-order valence-electron chi connectivity index (χ1n) is 7.22. The van der Waals surface area contributed by atoms with E-state index in [4.69, 9.17) is 9.84 Å². The molecule has 2 rings (SSSR count). The molecule has 1 aliphatic heterocycles. The molecule has 22 heavy (non-hydrogen) atoms. The minimum Gasteiger partial charge on any atom is -0.481 e. The fourth-order valence-corrected chi connectivity index (χ4v) is 2.79. The molecule has 6 heteroatoms. The van der Waals surface area contributed by atoms with Gasteiger partial charge in [-0.05, 0) is 49.9 Å². The lowest BCUT2D eigenvalue weighted by Crippen LogP contribution is -2.53. The highest BCUT2D eigenvalue weighted by Gasteiger charge is 2.36. The Bertz CT molecular complexity index is 571. The van der Waals surface area contributed by atoms with Crippen molar-refractivity contribution >= 4 is 11.9 Å². The molecule has 1 amide bonds. The summed E-state index contributed by atoms with van der Waals surface area (Å²) < 4.78 is 18.9. The first kappa shape index (κ1) is 16.4. The highest BCUT2D eigenvalue weighted by atomic mass is 19.1. The molecule has 0 aliphatic carbocycles. The third kappa shape index (κ3) is 3.62. The number of hydrogen-bond donors (Lipinski definition) is 2. The molecule has 0 aromatic heterocycles. The van der Waals surface area contributed by atoms with Crippen LogP contribution in [-0.4, -0.2) is 35.7 Å². The van der Waals surface area contributed by atoms with Gasteiger partial charge in [0.1, 0.15) is 5.82 Å². The van der Waals surface area contributed by atoms with Gasteiger partial charge in [-0.15, -0.1) is 0 Å². The molecule has 1 fully saturated rings. The number of aryl methyl sites for hydroxylation is 2. The number of amides is 1. The fourth-order valence-electron chi connectivity index (χ4n) is 2.79. The quantitative estimate of drug-likeness (QED) is 0.894. The number of carboxylic acid groups (broad SMARTS) is 1. The van der Waals surface area contributed by atoms with Gasteiger partial charge in [-0.25, -0.2) is 4.39 Å². The molecule has 0 atom stereocenters. The number of carbonyl (C=O) groups is 2. The monoisotopic (exact) mass is 309 g/mol. The van der Waals surface area contributed by atoms with E-state index in [0.29, 0.717) is 42.7 Å². The Kier molecular flexibility index (Phi) is 4.81. The van der Waals surface area contributed by atoms with Crippen molar-refractivity contribution in [1.82, 2.24) is 5.32 Å². The number of benzene rings is 1. The zero-order valence-electron chi connectivity index (χ0n) is 12.7. The molecule has 1 aromatic rings. The second-order valence-corrected chi connectivity index (χ2v) is 5.84. The number of halogens is 1. The Hall–Kier alpha value is -1.95. The smallest absolute Gasteiger partial charge is 0.305 e. The van der Waals surface area contributed by atoms with Crippen LogP contribution in [0.5, 0.6) is 0 Å². The van der Waals surface area contributed by atoms with Gasteiger partial charge in [-0.1, -0.05) is 0 Å². The van der Waals surface area contributed by atoms with Crippen LogP contribution < -0.4 is 5.32 Å². The van der Waals surface area contributed by atoms with Gasteiger partial charge in [0.15, 0.2) is 0 Å². The number of ether oxygens (including phenoxy) is 1. The van der Waals surface area contributed by atoms with Crippen LogP contribution in [0.4, 0.5) is 4.39 Å². The van der Waals surface area contributed by atoms with Gasteiger partial charge in [-0.3, -0.25) is 9.59 Å². The van der Waals surface area contributed by atoms with Crippen LogP contribution in [0.25, 0.3) is 0 Å². The molecule has 0 radical (unpaired) electrons. The van der Waals surface area contributed by atoms with E-state index in [-0.39, 0.29) is 18.1 Å². The lowest BCUT2D eigenvalue weighted by molar-refractivity contribution is -0.139. The van der Waals surface area contributed by atoms with Crippen LogP contribution >= 0.6 is 0 Å². The molecule has 1 heterocycles. The van der Waals surface area contributed by atoms with E-state index in [1.54, 1.807) is 13.8 Å². The third-order valence-corrected chi connectivity index (χ3v) is 4.02. The first-order chi connectivity index (χ1) is 10.3. The van der Waals surface area contributed by atoms with Crippen LogP contribution in [0.3, 0.4) is 0 Å². The topological polar surface area (TPSA) is 75.6 Å². The van der Waals surface area contributed by atoms with Crippen molar-refractivity contribution in [2.24, 2.45) is 0 Å². The highest BCUT2D eigenvalue weighted by molar-refractivity contribution is 5.95. The molecular weight excluding hydrogens is 289 g/mol. The number of hydrogen-bond acceptors (Lipinski definition) is 3. The second kappa shape index (κ2) is 6.44. The fraction of sp³-hybridized carbons (Fsp3) is 0.500. The molecule has 1 aromatic carbocycles. The summed E-state index contributed by atoms with van der Waals surface area (Å²) in [6, 6.07) is 2.96. The number of aliphatic carboxylic acids is 1. The molecule has 120 valence electrons. The predicted octanol–water partition coefficient (Wildman–Crippen LogP) is 2.20. The molecular formula is C16H20FNO4. The lowest BCUT2D eigenvalue weighted by atomic mass is 9.86. The maximum absolute atomic E-state index is 13.7. The zero-order chi connectivity index (χ0) is 16.3. The van der Waals surface area contributed by atoms with Crippen LogP contribution in [-0.2, 0) is 9.53 Å². The average Bonchev–Trinajstić information content (AvgIpc) is 2.44. The van der Waals surface area contributed by atoms with Gasteiger partial charge in [-0.2, -0.15) is 0 Å². The maximum atomic E-state index is 13.7. The Morgan fingerprint density at radius 3 is 2.32 bits per heavy atom. The van der Waals surface area contributed by atoms with E-state index in [1.165, 1.54) is 12.1 Å². The third-order valence-electron chi connectivity index (χ3n) is 4.02. The van der Waals surface area contributed by atoms with Crippen LogP contribution in [0.15, 0.2) is 12.1 Å². The van der Waals surface area contributed by atoms with Crippen molar-refractivity contribution in [3.63, 3.8) is 0 Å². The van der Waals surface area contributed by atoms with Gasteiger partial charge in [0.05, 0.1) is 12.0 Å². The molecule has 1 saturated heterocycles. The van der Waals surface area contributed by atoms with Gasteiger partial charge in [0.2, 0.25) is 0 Å². The molecule has 2 N–H and O–H groups in total. The standard InChI is InChI=1S/C16H20FNO4/c1-10-7-12(8-11(2)14(10)17)15(21)18-16(9-13(19)20)3-5-22-6-4-16/h7-8H,3-6,9H2,1-2H3,(H,18,21)(H,19,20). The van der Waals surface area contributed by atoms with Crippen LogP contribution in [0.2, 0.25) is 0 Å². The molecule has 0 spiro atoms. The normalized spacial score (nSPS) is 17.0. The van der Waals surface area contributed by atoms with E-state index in [9.17, 15) is 14.0 Å². The molecule has 0 unspecified atom stereocenters. The number of carbonyl (C=O) groups excluding carboxylic acids is 1. The molecule has 5 nitrogen and oxygen atoms in total. The van der Waals surface area contributed by atoms with Crippen LogP contribution in [0, 0.1) is 19.7 Å². The van der Waals surface area contributed by atoms with E-state index in [2.05, 4.69) is 5.32 Å². The average molecular weight is 309 g/mol. The van der Waals surface area contributed by atoms with Crippen molar-refractivity contribution in [1.29, 1.82) is 0 Å². The molecule has 0 bridgehead atoms. The van der Waals surface area contributed by atoms with Crippen LogP contribution in [0.1, 0.15) is 40.7 Å². The summed E-state index contributed by atoms with van der Waals surface area (Å²) >= 11 is 0. The van der Waals surface area contributed by atoms with Crippen molar-refractivity contribution in [3.05, 3.63) is 34.6 Å². The minimum absolute atomic E-state index is 0.152. The lowest BCUT2D eigenvalue weighted by Gasteiger charge is -2.36. The second-order valence-electron chi connectivity index (χ2n) is 5.84. The summed E-state index contributed by atoms with van der Waals surface area (Å²) in [5.41, 5.74) is 0.318. The Balaban J connectivity index is 2.22. The van der Waals surface area contributed by atoms with Crippen molar-refractivity contribution < 1.29 is 23.8 Å². The number of nitrogens with one attached hydrogen (secondary N) is 1. The van der Waals surface area contributed by atoms with Gasteiger partial charge >= 0.3 is 5.97 Å². The Morgan fingerprint density at radius 2 is 1.82 bits per heavy atom. The molecule has 0 saturated carbocycles. The summed E-state index contributed by atoms with van der Waals surface area (Å²) in [5, 5.41) is 11.9. The summed E-state index contributed by atoms with van der Waals surface area (Å²) in [6.45, 7) is 4.02. The summed E-state index contributed by atoms with van der Waals surface area (Å²) in [7, 11) is 0. The largest absolute Gasteiger partial charge is 0.481 e. The van der Waals surface area contributed by atoms with E-state index < -0.39 is 11.5 Å². The first-order valence-corrected chi connectivity index (χ1v) is 7.22. The zero-order valence-corrected chi connectivity index (χ0v) is 12.7. The van der Waals surface area contributed by atoms with Crippen molar-refractivity contribution in [2.45, 2.75) is 38.6 Å². The predicted molar refractivity (Wildman–Crippen MR) is 78.4 cm³/mol. The van der Waals surface area contributed by atoms with Gasteiger partial charge in [0.25, 0.3) is 5.91 Å². The number of rotatable bonds is 4. The SMILES string of the molecule is Cc1cc(C(=O)NC2(CC(=O)O)CCOCC2)cc(C)c1F. The number of carboxylic acids is 1. The van der Waals surface area contributed by atoms with Crippen molar-refractivity contribution in [2.75, 3.05) is 13.2 Å². The Morgan fingerprint density at radius 1 is 1.27 bits per heavy atom. The van der Waals surface area contributed by atoms with Gasteiger partial charge < -0.3 is 15.2 Å². The Labute approximate surface area is 128 Å². The van der Waals surface area contributed by atoms with E-state index in [0.717, 1.165) is 0 Å². The maximum Gasteiger partial charge on any atom is 0.305 e. The van der Waals surface area contributed by atoms with Gasteiger partial charge in [0, 0.05) is 18.8 Å². The summed E-state index contributed by atoms with van der Waals surface area (Å²) in [4.78, 5) is 23.5. The summed E-state index contributed by atoms with van der Waals surface area (Å²) in [6.07, 6.45) is 0.746. The van der Waals surface area contributed by atoms with E-state index in [1.807, 2.05) is 0 Å². The molecule has 1 aliphatic rings. The van der Waals surface area contributed by atoms with Crippen molar-refractivity contribution in [3.8, 4) is 0 Å². The minimum atomic E-state index is -0.964.